The van der Waals surface area contributed by atoms with Gasteiger partial charge in [0.15, 0.2) is 6.61 Å². The molecular formula is C20H27N3O4. The zero-order chi connectivity index (χ0) is 20.2. The highest BCUT2D eigenvalue weighted by Crippen LogP contribution is 2.21. The molecule has 0 atom stereocenters. The number of nitrogens with zero attached hydrogens (tertiary/aromatic N) is 3. The van der Waals surface area contributed by atoms with Gasteiger partial charge in [0.25, 0.3) is 5.91 Å². The lowest BCUT2D eigenvalue weighted by molar-refractivity contribution is -0.139. The summed E-state index contributed by atoms with van der Waals surface area (Å²) in [4.78, 5) is 25.1. The zero-order valence-electron chi connectivity index (χ0n) is 16.5. The number of carboxylic acids is 1. The van der Waals surface area contributed by atoms with E-state index in [1.165, 1.54) is 0 Å². The zero-order valence-corrected chi connectivity index (χ0v) is 16.5. The Hall–Kier alpha value is -2.83. The van der Waals surface area contributed by atoms with E-state index in [0.717, 1.165) is 17.7 Å². The number of aliphatic carboxylic acids is 1. The highest BCUT2D eigenvalue weighted by molar-refractivity contribution is 5.95. The number of benzene rings is 1. The van der Waals surface area contributed by atoms with Crippen LogP contribution in [-0.2, 0) is 23.3 Å². The fraction of sp³-hybridized carbons (Fsp3) is 0.450. The van der Waals surface area contributed by atoms with Crippen LogP contribution in [0, 0.1) is 0 Å². The van der Waals surface area contributed by atoms with Gasteiger partial charge >= 0.3 is 5.97 Å². The smallest absolute Gasteiger partial charge is 0.341 e. The number of carbonyl (C=O) groups excluding carboxylic acids is 1. The minimum absolute atomic E-state index is 0.0754. The molecule has 146 valence electrons. The predicted molar refractivity (Wildman–Crippen MR) is 102 cm³/mol. The Morgan fingerprint density at radius 1 is 1.22 bits per heavy atom. The van der Waals surface area contributed by atoms with Crippen molar-refractivity contribution in [3.05, 3.63) is 47.3 Å². The van der Waals surface area contributed by atoms with Crippen molar-refractivity contribution in [1.29, 1.82) is 0 Å². The summed E-state index contributed by atoms with van der Waals surface area (Å²) in [6, 6.07) is 7.04. The maximum absolute atomic E-state index is 12.9. The van der Waals surface area contributed by atoms with Crippen LogP contribution < -0.4 is 4.74 Å². The van der Waals surface area contributed by atoms with Gasteiger partial charge in [-0.05, 0) is 44.9 Å². The molecule has 2 rings (SSSR count). The third-order valence-corrected chi connectivity index (χ3v) is 4.12. The normalized spacial score (nSPS) is 11.3. The Labute approximate surface area is 159 Å². The molecule has 0 saturated carbocycles. The lowest BCUT2D eigenvalue weighted by atomic mass is 10.1. The SMILES string of the molecule is CCc1c(C(=O)N(C)Cc2ccc(OCC(=O)O)cc2)cnn1C(C)(C)C. The third kappa shape index (κ3) is 5.09. The maximum Gasteiger partial charge on any atom is 0.341 e. The van der Waals surface area contributed by atoms with E-state index in [1.54, 1.807) is 30.3 Å². The van der Waals surface area contributed by atoms with E-state index in [-0.39, 0.29) is 18.1 Å². The first kappa shape index (κ1) is 20.5. The topological polar surface area (TPSA) is 84.7 Å². The summed E-state index contributed by atoms with van der Waals surface area (Å²) in [5.74, 6) is -0.615. The number of carboxylic acid groups (broad SMARTS) is 1. The van der Waals surface area contributed by atoms with Crippen molar-refractivity contribution < 1.29 is 19.4 Å². The van der Waals surface area contributed by atoms with Crippen molar-refractivity contribution in [2.45, 2.75) is 46.2 Å². The second kappa shape index (κ2) is 8.24. The first-order chi connectivity index (χ1) is 12.6. The second-order valence-corrected chi connectivity index (χ2v) is 7.43. The molecule has 1 aromatic carbocycles. The van der Waals surface area contributed by atoms with Gasteiger partial charge < -0.3 is 14.7 Å². The van der Waals surface area contributed by atoms with Gasteiger partial charge in [-0.1, -0.05) is 19.1 Å². The van der Waals surface area contributed by atoms with E-state index in [4.69, 9.17) is 9.84 Å². The van der Waals surface area contributed by atoms with Crippen LogP contribution in [0.25, 0.3) is 0 Å². The number of carbonyl (C=O) groups is 2. The molecule has 7 heteroatoms. The standard InChI is InChI=1S/C20H27N3O4/c1-6-17-16(11-21-23(17)20(2,3)4)19(26)22(5)12-14-7-9-15(10-8-14)27-13-18(24)25/h7-11H,6,12-13H2,1-5H3,(H,24,25). The van der Waals surface area contributed by atoms with E-state index in [2.05, 4.69) is 25.9 Å². The van der Waals surface area contributed by atoms with Gasteiger partial charge in [-0.15, -0.1) is 0 Å². The van der Waals surface area contributed by atoms with Crippen molar-refractivity contribution in [3.8, 4) is 5.75 Å². The molecule has 0 saturated heterocycles. The largest absolute Gasteiger partial charge is 0.482 e. The highest BCUT2D eigenvalue weighted by atomic mass is 16.5. The van der Waals surface area contributed by atoms with Crippen molar-refractivity contribution in [2.75, 3.05) is 13.7 Å². The fourth-order valence-electron chi connectivity index (χ4n) is 2.86. The Bertz CT molecular complexity index is 804. The molecule has 0 bridgehead atoms. The first-order valence-electron chi connectivity index (χ1n) is 8.89. The van der Waals surface area contributed by atoms with Gasteiger partial charge in [-0.2, -0.15) is 5.10 Å². The predicted octanol–water partition coefficient (Wildman–Crippen LogP) is 2.94. The number of aromatic nitrogens is 2. The number of rotatable bonds is 7. The van der Waals surface area contributed by atoms with Gasteiger partial charge in [0.05, 0.1) is 23.0 Å². The molecule has 1 N–H and O–H groups in total. The van der Waals surface area contributed by atoms with Crippen LogP contribution in [-0.4, -0.2) is 45.3 Å². The van der Waals surface area contributed by atoms with Gasteiger partial charge in [0, 0.05) is 13.6 Å². The summed E-state index contributed by atoms with van der Waals surface area (Å²) in [6.45, 7) is 8.25. The number of ether oxygens (including phenoxy) is 1. The van der Waals surface area contributed by atoms with Crippen molar-refractivity contribution >= 4 is 11.9 Å². The molecule has 0 spiro atoms. The lowest BCUT2D eigenvalue weighted by Crippen LogP contribution is -2.29. The van der Waals surface area contributed by atoms with Gasteiger partial charge in [-0.3, -0.25) is 9.48 Å². The summed E-state index contributed by atoms with van der Waals surface area (Å²) >= 11 is 0. The fourth-order valence-corrected chi connectivity index (χ4v) is 2.86. The summed E-state index contributed by atoms with van der Waals surface area (Å²) in [5.41, 5.74) is 2.29. The monoisotopic (exact) mass is 373 g/mol. The maximum atomic E-state index is 12.9. The summed E-state index contributed by atoms with van der Waals surface area (Å²) in [7, 11) is 1.76. The molecule has 0 fully saturated rings. The lowest BCUT2D eigenvalue weighted by Gasteiger charge is -2.23. The van der Waals surface area contributed by atoms with E-state index >= 15 is 0 Å². The van der Waals surface area contributed by atoms with Crippen LogP contribution in [0.15, 0.2) is 30.5 Å². The van der Waals surface area contributed by atoms with Gasteiger partial charge in [0.1, 0.15) is 5.75 Å². The van der Waals surface area contributed by atoms with E-state index in [1.807, 2.05) is 23.7 Å². The van der Waals surface area contributed by atoms with Crippen LogP contribution >= 0.6 is 0 Å². The van der Waals surface area contributed by atoms with Crippen LogP contribution in [0.2, 0.25) is 0 Å². The number of hydrogen-bond acceptors (Lipinski definition) is 4. The summed E-state index contributed by atoms with van der Waals surface area (Å²) in [5, 5.41) is 13.1. The molecule has 0 aliphatic carbocycles. The Morgan fingerprint density at radius 3 is 2.37 bits per heavy atom. The minimum atomic E-state index is -1.02. The third-order valence-electron chi connectivity index (χ3n) is 4.12. The average Bonchev–Trinajstić information content (AvgIpc) is 3.04. The van der Waals surface area contributed by atoms with E-state index in [0.29, 0.717) is 17.9 Å². The molecule has 0 aliphatic heterocycles. The van der Waals surface area contributed by atoms with Crippen LogP contribution in [0.4, 0.5) is 0 Å². The average molecular weight is 373 g/mol. The van der Waals surface area contributed by atoms with E-state index < -0.39 is 5.97 Å². The molecule has 1 aromatic heterocycles. The van der Waals surface area contributed by atoms with Crippen LogP contribution in [0.3, 0.4) is 0 Å². The summed E-state index contributed by atoms with van der Waals surface area (Å²) in [6.07, 6.45) is 2.37. The molecule has 0 unspecified atom stereocenters. The Kier molecular flexibility index (Phi) is 6.25. The molecule has 1 amide bonds. The van der Waals surface area contributed by atoms with Gasteiger partial charge in [0.2, 0.25) is 0 Å². The molecule has 27 heavy (non-hydrogen) atoms. The quantitative estimate of drug-likeness (QED) is 0.807. The minimum Gasteiger partial charge on any atom is -0.482 e. The molecule has 7 nitrogen and oxygen atoms in total. The van der Waals surface area contributed by atoms with Crippen molar-refractivity contribution in [2.24, 2.45) is 0 Å². The van der Waals surface area contributed by atoms with E-state index in [9.17, 15) is 9.59 Å². The molecule has 2 aromatic rings. The molecular weight excluding hydrogens is 346 g/mol. The number of hydrogen-bond donors (Lipinski definition) is 1. The van der Waals surface area contributed by atoms with Crippen LogP contribution in [0.5, 0.6) is 5.75 Å². The Balaban J connectivity index is 2.10. The Morgan fingerprint density at radius 2 is 1.85 bits per heavy atom. The van der Waals surface area contributed by atoms with Gasteiger partial charge in [-0.25, -0.2) is 4.79 Å². The highest BCUT2D eigenvalue weighted by Gasteiger charge is 2.24. The molecule has 0 radical (unpaired) electrons. The molecule has 0 aliphatic rings. The summed E-state index contributed by atoms with van der Waals surface area (Å²) < 4.78 is 7.02. The number of amides is 1. The van der Waals surface area contributed by atoms with Crippen LogP contribution in [0.1, 0.15) is 49.3 Å². The first-order valence-corrected chi connectivity index (χ1v) is 8.89. The van der Waals surface area contributed by atoms with Crippen molar-refractivity contribution in [1.82, 2.24) is 14.7 Å². The van der Waals surface area contributed by atoms with Crippen molar-refractivity contribution in [3.63, 3.8) is 0 Å². The molecule has 1 heterocycles. The second-order valence-electron chi connectivity index (χ2n) is 7.43.